The number of hydrogen-bond acceptors (Lipinski definition) is 1. The van der Waals surface area contributed by atoms with Gasteiger partial charge in [0.25, 0.3) is 0 Å². The molecule has 18 heavy (non-hydrogen) atoms. The van der Waals surface area contributed by atoms with Gasteiger partial charge in [0.2, 0.25) is 0 Å². The number of rotatable bonds is 1. The lowest BCUT2D eigenvalue weighted by Gasteiger charge is -2.18. The van der Waals surface area contributed by atoms with Gasteiger partial charge in [-0.1, -0.05) is 11.6 Å². The van der Waals surface area contributed by atoms with Gasteiger partial charge in [0.05, 0.1) is 5.56 Å². The van der Waals surface area contributed by atoms with Crippen molar-refractivity contribution in [1.82, 2.24) is 0 Å². The zero-order chi connectivity index (χ0) is 13.4. The van der Waals surface area contributed by atoms with E-state index in [0.717, 1.165) is 6.07 Å². The fourth-order valence-electron chi connectivity index (χ4n) is 1.13. The lowest BCUT2D eigenvalue weighted by atomic mass is 10.0. The molecule has 0 aliphatic rings. The molecule has 1 atom stereocenters. The van der Waals surface area contributed by atoms with Gasteiger partial charge in [-0.05, 0) is 23.8 Å². The van der Waals surface area contributed by atoms with Crippen molar-refractivity contribution in [3.05, 3.63) is 34.3 Å². The van der Waals surface area contributed by atoms with Crippen LogP contribution >= 0.6 is 24.0 Å². The highest BCUT2D eigenvalue weighted by molar-refractivity contribution is 6.31. The molecule has 1 aromatic rings. The van der Waals surface area contributed by atoms with Crippen LogP contribution in [0.25, 0.3) is 0 Å². The molecule has 0 radical (unpaired) electrons. The van der Waals surface area contributed by atoms with Gasteiger partial charge in [-0.2, -0.15) is 26.3 Å². The molecule has 0 saturated carbocycles. The van der Waals surface area contributed by atoms with E-state index < -0.39 is 34.5 Å². The molecule has 0 unspecified atom stereocenters. The van der Waals surface area contributed by atoms with Crippen molar-refractivity contribution in [2.24, 2.45) is 5.73 Å². The Bertz CT molecular complexity index is 414. The molecule has 0 saturated heterocycles. The Labute approximate surface area is 109 Å². The highest BCUT2D eigenvalue weighted by Gasteiger charge is 2.40. The fraction of sp³-hybridized carbons (Fsp3) is 0.333. The summed E-state index contributed by atoms with van der Waals surface area (Å²) in [5.74, 6) is 0. The van der Waals surface area contributed by atoms with E-state index in [1.807, 2.05) is 0 Å². The maximum atomic E-state index is 12.3. The normalized spacial score (nSPS) is 14.0. The summed E-state index contributed by atoms with van der Waals surface area (Å²) in [4.78, 5) is 0. The molecule has 1 rings (SSSR count). The second kappa shape index (κ2) is 5.54. The average Bonchev–Trinajstić information content (AvgIpc) is 2.14. The first kappa shape index (κ1) is 17.3. The number of nitrogens with two attached hydrogens (primary N) is 1. The lowest BCUT2D eigenvalue weighted by molar-refractivity contribution is -0.150. The van der Waals surface area contributed by atoms with Crippen molar-refractivity contribution in [1.29, 1.82) is 0 Å². The highest BCUT2D eigenvalue weighted by atomic mass is 35.5. The van der Waals surface area contributed by atoms with Crippen LogP contribution in [0.15, 0.2) is 18.2 Å². The third-order valence-electron chi connectivity index (χ3n) is 2.01. The van der Waals surface area contributed by atoms with Crippen LogP contribution < -0.4 is 5.73 Å². The molecule has 0 aliphatic heterocycles. The van der Waals surface area contributed by atoms with E-state index in [-0.39, 0.29) is 12.4 Å². The minimum Gasteiger partial charge on any atom is -0.316 e. The lowest BCUT2D eigenvalue weighted by Crippen LogP contribution is -2.29. The predicted molar refractivity (Wildman–Crippen MR) is 56.7 cm³/mol. The number of hydrogen-bond donors (Lipinski definition) is 1. The van der Waals surface area contributed by atoms with Gasteiger partial charge in [-0.3, -0.25) is 0 Å². The molecular weight excluding hydrogens is 307 g/mol. The third-order valence-corrected chi connectivity index (χ3v) is 2.36. The summed E-state index contributed by atoms with van der Waals surface area (Å²) in [7, 11) is 0. The average molecular weight is 314 g/mol. The van der Waals surface area contributed by atoms with Crippen molar-refractivity contribution >= 4 is 24.0 Å². The molecule has 0 fully saturated rings. The molecule has 0 amide bonds. The molecular formula is C9H7Cl2F6N. The van der Waals surface area contributed by atoms with Crippen molar-refractivity contribution in [2.75, 3.05) is 0 Å². The molecule has 0 aliphatic carbocycles. The predicted octanol–water partition coefficient (Wildman–Crippen LogP) is 4.34. The van der Waals surface area contributed by atoms with Crippen LogP contribution in [0.2, 0.25) is 5.02 Å². The van der Waals surface area contributed by atoms with Crippen LogP contribution in [-0.4, -0.2) is 6.18 Å². The Kier molecular flexibility index (Phi) is 5.34. The Balaban J connectivity index is 0.00000289. The minimum absolute atomic E-state index is 0. The Morgan fingerprint density at radius 3 is 1.94 bits per heavy atom. The van der Waals surface area contributed by atoms with Gasteiger partial charge in [0.1, 0.15) is 6.04 Å². The quantitative estimate of drug-likeness (QED) is 0.767. The maximum absolute atomic E-state index is 12.3. The summed E-state index contributed by atoms with van der Waals surface area (Å²) in [6, 6.07) is -0.905. The first-order valence-electron chi connectivity index (χ1n) is 4.22. The van der Waals surface area contributed by atoms with Crippen LogP contribution in [0, 0.1) is 0 Å². The highest BCUT2D eigenvalue weighted by Crippen LogP contribution is 2.38. The standard InChI is InChI=1S/C9H6ClF6N.ClH/c10-6-2-1-4(8(11,12)13)3-5(6)7(17)9(14,15)16;/h1-3,7H,17H2;1H/t7-;/m1./s1. The van der Waals surface area contributed by atoms with Crippen molar-refractivity contribution in [3.63, 3.8) is 0 Å². The van der Waals surface area contributed by atoms with Gasteiger partial charge in [0.15, 0.2) is 0 Å². The second-order valence-electron chi connectivity index (χ2n) is 3.25. The first-order valence-corrected chi connectivity index (χ1v) is 4.60. The van der Waals surface area contributed by atoms with E-state index in [1.165, 1.54) is 0 Å². The van der Waals surface area contributed by atoms with E-state index in [2.05, 4.69) is 0 Å². The Morgan fingerprint density at radius 2 is 1.56 bits per heavy atom. The summed E-state index contributed by atoms with van der Waals surface area (Å²) in [5.41, 5.74) is 2.79. The molecule has 2 N–H and O–H groups in total. The zero-order valence-electron chi connectivity index (χ0n) is 8.44. The van der Waals surface area contributed by atoms with Crippen LogP contribution in [0.1, 0.15) is 17.2 Å². The SMILES string of the molecule is Cl.N[C@H](c1cc(C(F)(F)F)ccc1Cl)C(F)(F)F. The molecule has 104 valence electrons. The largest absolute Gasteiger partial charge is 0.416 e. The zero-order valence-corrected chi connectivity index (χ0v) is 10.0. The van der Waals surface area contributed by atoms with E-state index >= 15 is 0 Å². The number of alkyl halides is 6. The molecule has 1 aromatic carbocycles. The smallest absolute Gasteiger partial charge is 0.316 e. The fourth-order valence-corrected chi connectivity index (χ4v) is 1.37. The molecule has 0 heterocycles. The van der Waals surface area contributed by atoms with Gasteiger partial charge in [-0.25, -0.2) is 0 Å². The van der Waals surface area contributed by atoms with Crippen LogP contribution in [-0.2, 0) is 6.18 Å². The van der Waals surface area contributed by atoms with Gasteiger partial charge >= 0.3 is 12.4 Å². The molecule has 0 bridgehead atoms. The topological polar surface area (TPSA) is 26.0 Å². The summed E-state index contributed by atoms with van der Waals surface area (Å²) in [6.45, 7) is 0. The van der Waals surface area contributed by atoms with Gasteiger partial charge in [-0.15, -0.1) is 12.4 Å². The van der Waals surface area contributed by atoms with Gasteiger partial charge in [0, 0.05) is 5.02 Å². The molecule has 9 heteroatoms. The molecule has 0 spiro atoms. The molecule has 1 nitrogen and oxygen atoms in total. The van der Waals surface area contributed by atoms with Crippen LogP contribution in [0.4, 0.5) is 26.3 Å². The maximum Gasteiger partial charge on any atom is 0.416 e. The van der Waals surface area contributed by atoms with Crippen LogP contribution in [0.3, 0.4) is 0 Å². The van der Waals surface area contributed by atoms with Gasteiger partial charge < -0.3 is 5.73 Å². The second-order valence-corrected chi connectivity index (χ2v) is 3.66. The molecule has 0 aromatic heterocycles. The third kappa shape index (κ3) is 3.93. The summed E-state index contributed by atoms with van der Waals surface area (Å²) < 4.78 is 73.7. The van der Waals surface area contributed by atoms with Crippen molar-refractivity contribution < 1.29 is 26.3 Å². The van der Waals surface area contributed by atoms with E-state index in [9.17, 15) is 26.3 Å². The van der Waals surface area contributed by atoms with Crippen LogP contribution in [0.5, 0.6) is 0 Å². The Morgan fingerprint density at radius 1 is 1.06 bits per heavy atom. The monoisotopic (exact) mass is 313 g/mol. The van der Waals surface area contributed by atoms with Crippen molar-refractivity contribution in [2.45, 2.75) is 18.4 Å². The summed E-state index contributed by atoms with van der Waals surface area (Å²) in [5, 5.41) is -0.456. The first-order chi connectivity index (χ1) is 7.53. The number of benzene rings is 1. The number of halogens is 8. The summed E-state index contributed by atoms with van der Waals surface area (Å²) in [6.07, 6.45) is -9.60. The van der Waals surface area contributed by atoms with E-state index in [1.54, 1.807) is 0 Å². The van der Waals surface area contributed by atoms with E-state index in [4.69, 9.17) is 17.3 Å². The van der Waals surface area contributed by atoms with E-state index in [0.29, 0.717) is 12.1 Å². The minimum atomic E-state index is -4.85. The Hall–Kier alpha value is -0.660. The summed E-state index contributed by atoms with van der Waals surface area (Å²) >= 11 is 5.40. The van der Waals surface area contributed by atoms with Crippen molar-refractivity contribution in [3.8, 4) is 0 Å².